The van der Waals surface area contributed by atoms with Crippen LogP contribution in [0.15, 0.2) is 73.1 Å². The minimum atomic E-state index is -0.225. The van der Waals surface area contributed by atoms with Gasteiger partial charge in [-0.05, 0) is 43.4 Å². The van der Waals surface area contributed by atoms with Gasteiger partial charge in [-0.3, -0.25) is 9.78 Å². The van der Waals surface area contributed by atoms with Crippen LogP contribution in [0.5, 0.6) is 0 Å². The molecule has 0 fully saturated rings. The molecule has 1 unspecified atom stereocenters. The van der Waals surface area contributed by atoms with Gasteiger partial charge in [0.1, 0.15) is 0 Å². The summed E-state index contributed by atoms with van der Waals surface area (Å²) in [6.45, 7) is 5.79. The summed E-state index contributed by atoms with van der Waals surface area (Å²) in [6.07, 6.45) is 8.39. The predicted octanol–water partition coefficient (Wildman–Crippen LogP) is 5.05. The third-order valence-corrected chi connectivity index (χ3v) is 4.18. The van der Waals surface area contributed by atoms with Gasteiger partial charge < -0.3 is 4.74 Å². The Hall–Kier alpha value is -2.68. The number of pyridine rings is 1. The maximum atomic E-state index is 11.8. The molecule has 1 aromatic carbocycles. The highest BCUT2D eigenvalue weighted by Gasteiger charge is 2.19. The molecule has 0 aliphatic carbocycles. The lowest BCUT2D eigenvalue weighted by atomic mass is 9.93. The van der Waals surface area contributed by atoms with Crippen molar-refractivity contribution >= 4 is 11.5 Å². The molecule has 0 saturated heterocycles. The van der Waals surface area contributed by atoms with E-state index in [-0.39, 0.29) is 11.9 Å². The Kier molecular flexibility index (Phi) is 7.15. The topological polar surface area (TPSA) is 39.2 Å². The number of aromatic nitrogens is 1. The van der Waals surface area contributed by atoms with E-state index in [1.54, 1.807) is 6.20 Å². The summed E-state index contributed by atoms with van der Waals surface area (Å²) in [5.41, 5.74) is 4.28. The van der Waals surface area contributed by atoms with Gasteiger partial charge in [0.05, 0.1) is 13.0 Å². The number of hydrogen-bond acceptors (Lipinski definition) is 3. The molecule has 2 rings (SSSR count). The van der Waals surface area contributed by atoms with Gasteiger partial charge >= 0.3 is 5.97 Å². The van der Waals surface area contributed by atoms with Crippen molar-refractivity contribution in [3.05, 3.63) is 84.2 Å². The molecule has 3 nitrogen and oxygen atoms in total. The zero-order valence-corrected chi connectivity index (χ0v) is 14.9. The molecule has 130 valence electrons. The fraction of sp³-hybridized carbons (Fsp3) is 0.273. The van der Waals surface area contributed by atoms with Crippen LogP contribution in [0.3, 0.4) is 0 Å². The number of carbonyl (C=O) groups is 1. The number of nitrogens with zero attached hydrogens (tertiary/aromatic N) is 1. The van der Waals surface area contributed by atoms with Crippen molar-refractivity contribution in [3.8, 4) is 0 Å². The zero-order chi connectivity index (χ0) is 18.1. The SMILES string of the molecule is C=C(C)C(CCC/C=C(\c1ccccc1)c1cccnc1)C(=O)OC. The molecule has 25 heavy (non-hydrogen) atoms. The number of esters is 1. The number of benzene rings is 1. The Morgan fingerprint density at radius 2 is 1.92 bits per heavy atom. The second-order valence-electron chi connectivity index (χ2n) is 6.08. The van der Waals surface area contributed by atoms with Crippen LogP contribution in [-0.4, -0.2) is 18.1 Å². The summed E-state index contributed by atoms with van der Waals surface area (Å²) in [7, 11) is 1.42. The van der Waals surface area contributed by atoms with E-state index in [1.807, 2.05) is 37.4 Å². The molecule has 2 aromatic rings. The summed E-state index contributed by atoms with van der Waals surface area (Å²) >= 11 is 0. The zero-order valence-electron chi connectivity index (χ0n) is 14.9. The van der Waals surface area contributed by atoms with Gasteiger partial charge in [-0.25, -0.2) is 0 Å². The summed E-state index contributed by atoms with van der Waals surface area (Å²) in [5.74, 6) is -0.427. The van der Waals surface area contributed by atoms with Crippen LogP contribution >= 0.6 is 0 Å². The maximum Gasteiger partial charge on any atom is 0.312 e. The Balaban J connectivity index is 2.11. The van der Waals surface area contributed by atoms with Gasteiger partial charge in [0.2, 0.25) is 0 Å². The average molecular weight is 335 g/mol. The molecule has 1 atom stereocenters. The fourth-order valence-electron chi connectivity index (χ4n) is 2.82. The number of hydrogen-bond donors (Lipinski definition) is 0. The molecule has 0 amide bonds. The maximum absolute atomic E-state index is 11.8. The van der Waals surface area contributed by atoms with Gasteiger partial charge in [0, 0.05) is 18.0 Å². The number of unbranched alkanes of at least 4 members (excludes halogenated alkanes) is 1. The van der Waals surface area contributed by atoms with Crippen LogP contribution < -0.4 is 0 Å². The molecule has 0 radical (unpaired) electrons. The van der Waals surface area contributed by atoms with Crippen molar-refractivity contribution in [1.82, 2.24) is 4.98 Å². The number of allylic oxidation sites excluding steroid dienone is 1. The van der Waals surface area contributed by atoms with Crippen molar-refractivity contribution in [3.63, 3.8) is 0 Å². The average Bonchev–Trinajstić information content (AvgIpc) is 2.65. The van der Waals surface area contributed by atoms with E-state index in [9.17, 15) is 4.79 Å². The molecule has 0 spiro atoms. The smallest absolute Gasteiger partial charge is 0.312 e. The van der Waals surface area contributed by atoms with Crippen LogP contribution in [0, 0.1) is 5.92 Å². The van der Waals surface area contributed by atoms with Gasteiger partial charge in [0.25, 0.3) is 0 Å². The van der Waals surface area contributed by atoms with Gasteiger partial charge in [-0.2, -0.15) is 0 Å². The second-order valence-corrected chi connectivity index (χ2v) is 6.08. The third kappa shape index (κ3) is 5.42. The number of carbonyl (C=O) groups excluding carboxylic acids is 1. The van der Waals surface area contributed by atoms with Crippen molar-refractivity contribution in [2.75, 3.05) is 7.11 Å². The normalized spacial score (nSPS) is 12.5. The highest BCUT2D eigenvalue weighted by atomic mass is 16.5. The van der Waals surface area contributed by atoms with Crippen LogP contribution in [0.25, 0.3) is 5.57 Å². The minimum absolute atomic E-state index is 0.202. The van der Waals surface area contributed by atoms with Crippen molar-refractivity contribution in [1.29, 1.82) is 0 Å². The molecule has 0 bridgehead atoms. The van der Waals surface area contributed by atoms with E-state index < -0.39 is 0 Å². The summed E-state index contributed by atoms with van der Waals surface area (Å²) < 4.78 is 4.87. The molecule has 3 heteroatoms. The van der Waals surface area contributed by atoms with Crippen molar-refractivity contribution < 1.29 is 9.53 Å². The highest BCUT2D eigenvalue weighted by molar-refractivity contribution is 5.79. The number of rotatable bonds is 8. The first-order valence-electron chi connectivity index (χ1n) is 8.52. The molecule has 1 heterocycles. The Labute approximate surface area is 150 Å². The van der Waals surface area contributed by atoms with E-state index in [0.29, 0.717) is 0 Å². The Morgan fingerprint density at radius 3 is 2.52 bits per heavy atom. The first kappa shape index (κ1) is 18.7. The molecule has 0 N–H and O–H groups in total. The Morgan fingerprint density at radius 1 is 1.20 bits per heavy atom. The van der Waals surface area contributed by atoms with E-state index in [4.69, 9.17) is 4.74 Å². The largest absolute Gasteiger partial charge is 0.469 e. The van der Waals surface area contributed by atoms with E-state index in [1.165, 1.54) is 18.2 Å². The van der Waals surface area contributed by atoms with E-state index in [0.717, 1.165) is 30.4 Å². The first-order valence-corrected chi connectivity index (χ1v) is 8.52. The predicted molar refractivity (Wildman–Crippen MR) is 102 cm³/mol. The number of methoxy groups -OCH3 is 1. The Bertz CT molecular complexity index is 679. The lowest BCUT2D eigenvalue weighted by molar-refractivity contribution is -0.144. The van der Waals surface area contributed by atoms with Gasteiger partial charge in [-0.15, -0.1) is 0 Å². The first-order chi connectivity index (χ1) is 12.1. The van der Waals surface area contributed by atoms with Crippen molar-refractivity contribution in [2.45, 2.75) is 26.2 Å². The summed E-state index contributed by atoms with van der Waals surface area (Å²) in [5, 5.41) is 0. The monoisotopic (exact) mass is 335 g/mol. The van der Waals surface area contributed by atoms with E-state index in [2.05, 4.69) is 35.8 Å². The van der Waals surface area contributed by atoms with Crippen LogP contribution in [0.2, 0.25) is 0 Å². The quantitative estimate of drug-likeness (QED) is 0.385. The molecular weight excluding hydrogens is 310 g/mol. The summed E-state index contributed by atoms with van der Waals surface area (Å²) in [4.78, 5) is 16.0. The molecule has 0 aliphatic heterocycles. The lowest BCUT2D eigenvalue weighted by Gasteiger charge is -2.14. The molecular formula is C22H25NO2. The second kappa shape index (κ2) is 9.58. The summed E-state index contributed by atoms with van der Waals surface area (Å²) in [6, 6.07) is 14.3. The number of ether oxygens (including phenoxy) is 1. The lowest BCUT2D eigenvalue weighted by Crippen LogP contribution is -2.16. The molecule has 0 saturated carbocycles. The standard InChI is InChI=1S/C22H25NO2/c1-17(2)20(22(24)25-3)13-7-8-14-21(18-10-5-4-6-11-18)19-12-9-15-23-16-19/h4-6,9-12,14-16,20H,1,7-8,13H2,2-3H3/b21-14+. The molecule has 1 aromatic heterocycles. The highest BCUT2D eigenvalue weighted by Crippen LogP contribution is 2.25. The third-order valence-electron chi connectivity index (χ3n) is 4.18. The van der Waals surface area contributed by atoms with Crippen LogP contribution in [0.1, 0.15) is 37.3 Å². The molecule has 0 aliphatic rings. The van der Waals surface area contributed by atoms with Gasteiger partial charge in [-0.1, -0.05) is 54.6 Å². The fourth-order valence-corrected chi connectivity index (χ4v) is 2.82. The van der Waals surface area contributed by atoms with Crippen LogP contribution in [0.4, 0.5) is 0 Å². The minimum Gasteiger partial charge on any atom is -0.469 e. The van der Waals surface area contributed by atoms with E-state index >= 15 is 0 Å². The van der Waals surface area contributed by atoms with Gasteiger partial charge in [0.15, 0.2) is 0 Å². The van der Waals surface area contributed by atoms with Crippen LogP contribution in [-0.2, 0) is 9.53 Å². The van der Waals surface area contributed by atoms with Crippen molar-refractivity contribution in [2.24, 2.45) is 5.92 Å².